The third-order valence-electron chi connectivity index (χ3n) is 4.90. The molecule has 0 bridgehead atoms. The van der Waals surface area contributed by atoms with Crippen LogP contribution in [0.25, 0.3) is 0 Å². The molecule has 2 rings (SSSR count). The van der Waals surface area contributed by atoms with Crippen LogP contribution in [0, 0.1) is 5.92 Å². The van der Waals surface area contributed by atoms with Crippen LogP contribution >= 0.6 is 0 Å². The van der Waals surface area contributed by atoms with E-state index in [1.54, 1.807) is 32.9 Å². The Morgan fingerprint density at radius 3 is 2.24 bits per heavy atom. The summed E-state index contributed by atoms with van der Waals surface area (Å²) in [7, 11) is -3.56. The van der Waals surface area contributed by atoms with Crippen LogP contribution in [0.1, 0.15) is 40.5 Å². The molecule has 2 N–H and O–H groups in total. The smallest absolute Gasteiger partial charge is 0.309 e. The minimum atomic E-state index is -3.56. The van der Waals surface area contributed by atoms with Crippen molar-refractivity contribution in [2.24, 2.45) is 5.92 Å². The molecule has 9 heteroatoms. The number of rotatable bonds is 8. The summed E-state index contributed by atoms with van der Waals surface area (Å²) in [6.07, 6.45) is 1.34. The Kier molecular flexibility index (Phi) is 8.18. The van der Waals surface area contributed by atoms with Gasteiger partial charge >= 0.3 is 5.97 Å². The zero-order chi connectivity index (χ0) is 21.6. The van der Waals surface area contributed by atoms with E-state index in [4.69, 9.17) is 4.74 Å². The van der Waals surface area contributed by atoms with Crippen molar-refractivity contribution >= 4 is 27.6 Å². The van der Waals surface area contributed by atoms with Crippen molar-refractivity contribution < 1.29 is 22.7 Å². The lowest BCUT2D eigenvalue weighted by molar-refractivity contribution is -0.149. The average molecular weight is 426 g/mol. The monoisotopic (exact) mass is 425 g/mol. The van der Waals surface area contributed by atoms with E-state index in [1.165, 1.54) is 12.1 Å². The number of anilines is 1. The fourth-order valence-corrected chi connectivity index (χ4v) is 4.54. The number of ether oxygens (including phenoxy) is 1. The van der Waals surface area contributed by atoms with Gasteiger partial charge in [-0.05, 0) is 77.9 Å². The highest BCUT2D eigenvalue weighted by molar-refractivity contribution is 7.89. The van der Waals surface area contributed by atoms with E-state index in [1.807, 2.05) is 11.8 Å². The van der Waals surface area contributed by atoms with Crippen molar-refractivity contribution in [2.45, 2.75) is 57.5 Å². The van der Waals surface area contributed by atoms with Gasteiger partial charge in [-0.2, -0.15) is 0 Å². The summed E-state index contributed by atoms with van der Waals surface area (Å²) in [6.45, 7) is 8.80. The minimum absolute atomic E-state index is 0.101. The summed E-state index contributed by atoms with van der Waals surface area (Å²) in [6, 6.07) is 5.53. The van der Waals surface area contributed by atoms with Crippen LogP contribution in [0.15, 0.2) is 29.2 Å². The summed E-state index contributed by atoms with van der Waals surface area (Å²) in [4.78, 5) is 26.6. The van der Waals surface area contributed by atoms with Gasteiger partial charge < -0.3 is 10.1 Å². The number of piperidine rings is 1. The highest BCUT2D eigenvalue weighted by atomic mass is 32.2. The first-order valence-corrected chi connectivity index (χ1v) is 11.5. The number of amides is 1. The van der Waals surface area contributed by atoms with Crippen LogP contribution in [0.3, 0.4) is 0 Å². The highest BCUT2D eigenvalue weighted by Gasteiger charge is 2.30. The third-order valence-corrected chi connectivity index (χ3v) is 6.57. The van der Waals surface area contributed by atoms with Gasteiger partial charge in [-0.1, -0.05) is 0 Å². The summed E-state index contributed by atoms with van der Waals surface area (Å²) in [5.41, 5.74) is 0.534. The average Bonchev–Trinajstić information content (AvgIpc) is 2.67. The molecule has 1 aliphatic rings. The first-order chi connectivity index (χ1) is 13.6. The number of sulfonamides is 1. The number of benzene rings is 1. The van der Waals surface area contributed by atoms with E-state index >= 15 is 0 Å². The lowest BCUT2D eigenvalue weighted by atomic mass is 9.96. The second-order valence-corrected chi connectivity index (χ2v) is 9.24. The Balaban J connectivity index is 1.91. The molecule has 1 aliphatic heterocycles. The fourth-order valence-electron chi connectivity index (χ4n) is 3.29. The van der Waals surface area contributed by atoms with Crippen LogP contribution in [0.5, 0.6) is 0 Å². The van der Waals surface area contributed by atoms with E-state index in [-0.39, 0.29) is 34.8 Å². The number of hydrogen-bond acceptors (Lipinski definition) is 6. The predicted molar refractivity (Wildman–Crippen MR) is 111 cm³/mol. The second-order valence-electron chi connectivity index (χ2n) is 7.53. The molecule has 8 nitrogen and oxygen atoms in total. The van der Waals surface area contributed by atoms with E-state index in [0.717, 1.165) is 0 Å². The normalized spacial score (nSPS) is 17.1. The molecule has 1 aromatic carbocycles. The molecule has 1 fully saturated rings. The maximum absolute atomic E-state index is 12.6. The molecule has 1 heterocycles. The van der Waals surface area contributed by atoms with Gasteiger partial charge in [0.25, 0.3) is 0 Å². The van der Waals surface area contributed by atoms with Crippen molar-refractivity contribution in [1.29, 1.82) is 0 Å². The van der Waals surface area contributed by atoms with Gasteiger partial charge in [0, 0.05) is 11.7 Å². The minimum Gasteiger partial charge on any atom is -0.466 e. The summed E-state index contributed by atoms with van der Waals surface area (Å²) in [5, 5.41) is 2.83. The molecular weight excluding hydrogens is 394 g/mol. The van der Waals surface area contributed by atoms with E-state index in [2.05, 4.69) is 10.0 Å². The molecule has 0 unspecified atom stereocenters. The van der Waals surface area contributed by atoms with Gasteiger partial charge in [0.1, 0.15) is 0 Å². The maximum Gasteiger partial charge on any atom is 0.309 e. The summed E-state index contributed by atoms with van der Waals surface area (Å²) >= 11 is 0. The van der Waals surface area contributed by atoms with Crippen LogP contribution in [0.4, 0.5) is 5.69 Å². The van der Waals surface area contributed by atoms with Crippen LogP contribution < -0.4 is 10.0 Å². The quantitative estimate of drug-likeness (QED) is 0.617. The van der Waals surface area contributed by atoms with Crippen LogP contribution in [0.2, 0.25) is 0 Å². The number of carbonyl (C=O) groups excluding carboxylic acids is 2. The topological polar surface area (TPSA) is 105 Å². The van der Waals surface area contributed by atoms with Crippen molar-refractivity contribution in [2.75, 3.05) is 25.0 Å². The molecule has 0 aromatic heterocycles. The van der Waals surface area contributed by atoms with Gasteiger partial charge in [0.05, 0.1) is 23.5 Å². The lowest BCUT2D eigenvalue weighted by Gasteiger charge is -2.34. The van der Waals surface area contributed by atoms with Crippen molar-refractivity contribution in [3.05, 3.63) is 24.3 Å². The predicted octanol–water partition coefficient (Wildman–Crippen LogP) is 1.98. The summed E-state index contributed by atoms with van der Waals surface area (Å²) in [5.74, 6) is -0.433. The maximum atomic E-state index is 12.6. The molecule has 29 heavy (non-hydrogen) atoms. The molecule has 1 atom stereocenters. The number of nitrogens with zero attached hydrogens (tertiary/aromatic N) is 1. The van der Waals surface area contributed by atoms with E-state index < -0.39 is 10.0 Å². The number of carbonyl (C=O) groups is 2. The first-order valence-electron chi connectivity index (χ1n) is 9.98. The van der Waals surface area contributed by atoms with Gasteiger partial charge in [-0.3, -0.25) is 14.5 Å². The Morgan fingerprint density at radius 2 is 1.72 bits per heavy atom. The third kappa shape index (κ3) is 6.52. The molecule has 1 saturated heterocycles. The zero-order valence-corrected chi connectivity index (χ0v) is 18.3. The molecule has 1 amide bonds. The first kappa shape index (κ1) is 23.3. The second kappa shape index (κ2) is 10.2. The van der Waals surface area contributed by atoms with Gasteiger partial charge in [0.2, 0.25) is 15.9 Å². The number of hydrogen-bond donors (Lipinski definition) is 2. The Labute approximate surface area is 173 Å². The highest BCUT2D eigenvalue weighted by Crippen LogP contribution is 2.21. The van der Waals surface area contributed by atoms with E-state index in [0.29, 0.717) is 38.2 Å². The van der Waals surface area contributed by atoms with Gasteiger partial charge in [-0.25, -0.2) is 13.1 Å². The number of esters is 1. The molecule has 0 spiro atoms. The lowest BCUT2D eigenvalue weighted by Crippen LogP contribution is -2.47. The molecule has 0 radical (unpaired) electrons. The van der Waals surface area contributed by atoms with E-state index in [9.17, 15) is 18.0 Å². The fraction of sp³-hybridized carbons (Fsp3) is 0.600. The number of likely N-dealkylation sites (tertiary alicyclic amines) is 1. The van der Waals surface area contributed by atoms with Gasteiger partial charge in [-0.15, -0.1) is 0 Å². The molecule has 1 aromatic rings. The molecule has 162 valence electrons. The Hall–Kier alpha value is -1.97. The SMILES string of the molecule is CCOC(=O)C1CCN([C@@H](C)C(=O)Nc2ccc(S(=O)(=O)NC(C)C)cc2)CC1. The molecule has 0 aliphatic carbocycles. The Morgan fingerprint density at radius 1 is 1.14 bits per heavy atom. The van der Waals surface area contributed by atoms with Crippen molar-refractivity contribution in [1.82, 2.24) is 9.62 Å². The number of nitrogens with one attached hydrogen (secondary N) is 2. The molecule has 0 saturated carbocycles. The van der Waals surface area contributed by atoms with Crippen LogP contribution in [-0.2, 0) is 24.3 Å². The zero-order valence-electron chi connectivity index (χ0n) is 17.5. The largest absolute Gasteiger partial charge is 0.466 e. The van der Waals surface area contributed by atoms with Crippen molar-refractivity contribution in [3.8, 4) is 0 Å². The van der Waals surface area contributed by atoms with Crippen molar-refractivity contribution in [3.63, 3.8) is 0 Å². The standard InChI is InChI=1S/C20H31N3O5S/c1-5-28-20(25)16-10-12-23(13-11-16)15(4)19(24)21-17-6-8-18(9-7-17)29(26,27)22-14(2)3/h6-9,14-16,22H,5,10-13H2,1-4H3,(H,21,24)/t15-/m0/s1. The Bertz CT molecular complexity index is 800. The molecular formula is C20H31N3O5S. The van der Waals surface area contributed by atoms with Crippen LogP contribution in [-0.4, -0.2) is 57.0 Å². The van der Waals surface area contributed by atoms with Gasteiger partial charge in [0.15, 0.2) is 0 Å². The summed E-state index contributed by atoms with van der Waals surface area (Å²) < 4.78 is 31.9.